The van der Waals surface area contributed by atoms with E-state index in [4.69, 9.17) is 0 Å². The monoisotopic (exact) mass is 356 g/mol. The number of Topliss-reactive ketones (excluding diaryl/α,β-unsaturated/α-hetero) is 1. The van der Waals surface area contributed by atoms with E-state index in [0.29, 0.717) is 18.9 Å². The minimum Gasteiger partial charge on any atom is -0.331 e. The topological polar surface area (TPSA) is 40.6 Å². The van der Waals surface area contributed by atoms with Gasteiger partial charge in [-0.3, -0.25) is 14.5 Å². The summed E-state index contributed by atoms with van der Waals surface area (Å²) in [5.41, 5.74) is 1.06. The number of nitrogens with zero attached hydrogens (tertiary/aromatic N) is 2. The standard InChI is InChI=1S/C22H32N2O2/c1-17(2)16-20(25)19-12-9-15-24(19)22(26)21(18-10-5-3-6-11-18)23-13-7-4-8-14-23/h3,5-6,10-11,17,19,21H,4,7-9,12-16H2,1-2H3. The number of hydrogen-bond donors (Lipinski definition) is 0. The molecule has 2 aliphatic rings. The summed E-state index contributed by atoms with van der Waals surface area (Å²) in [5, 5.41) is 0. The molecule has 2 fully saturated rings. The molecule has 3 rings (SSSR count). The molecular formula is C22H32N2O2. The van der Waals surface area contributed by atoms with Crippen LogP contribution in [0.15, 0.2) is 30.3 Å². The van der Waals surface area contributed by atoms with Gasteiger partial charge in [-0.1, -0.05) is 50.6 Å². The van der Waals surface area contributed by atoms with Gasteiger partial charge in [0.05, 0.1) is 6.04 Å². The van der Waals surface area contributed by atoms with E-state index in [-0.39, 0.29) is 23.8 Å². The molecule has 2 heterocycles. The Hall–Kier alpha value is -1.68. The highest BCUT2D eigenvalue weighted by atomic mass is 16.2. The van der Waals surface area contributed by atoms with Crippen molar-refractivity contribution in [3.63, 3.8) is 0 Å². The molecule has 4 heteroatoms. The van der Waals surface area contributed by atoms with Gasteiger partial charge in [0.2, 0.25) is 5.91 Å². The number of benzene rings is 1. The Bertz CT molecular complexity index is 608. The smallest absolute Gasteiger partial charge is 0.245 e. The van der Waals surface area contributed by atoms with Crippen LogP contribution in [0.4, 0.5) is 0 Å². The zero-order valence-corrected chi connectivity index (χ0v) is 16.2. The predicted octanol–water partition coefficient (Wildman–Crippen LogP) is 3.82. The maximum Gasteiger partial charge on any atom is 0.245 e. The number of ketones is 1. The fraction of sp³-hybridized carbons (Fsp3) is 0.636. The van der Waals surface area contributed by atoms with Gasteiger partial charge in [0.15, 0.2) is 5.78 Å². The van der Waals surface area contributed by atoms with E-state index >= 15 is 0 Å². The highest BCUT2D eigenvalue weighted by Crippen LogP contribution is 2.30. The van der Waals surface area contributed by atoms with Crippen LogP contribution in [0.3, 0.4) is 0 Å². The minimum absolute atomic E-state index is 0.123. The van der Waals surface area contributed by atoms with Crippen molar-refractivity contribution in [2.45, 2.75) is 64.5 Å². The van der Waals surface area contributed by atoms with Gasteiger partial charge in [0.1, 0.15) is 6.04 Å². The number of amides is 1. The average Bonchev–Trinajstić information content (AvgIpc) is 3.13. The van der Waals surface area contributed by atoms with Gasteiger partial charge in [-0.05, 0) is 50.3 Å². The van der Waals surface area contributed by atoms with Crippen molar-refractivity contribution in [1.29, 1.82) is 0 Å². The van der Waals surface area contributed by atoms with Crippen LogP contribution in [-0.2, 0) is 9.59 Å². The number of piperidine rings is 1. The zero-order valence-electron chi connectivity index (χ0n) is 16.2. The summed E-state index contributed by atoms with van der Waals surface area (Å²) >= 11 is 0. The van der Waals surface area contributed by atoms with Crippen molar-refractivity contribution in [2.24, 2.45) is 5.92 Å². The molecule has 2 atom stereocenters. The van der Waals surface area contributed by atoms with Crippen molar-refractivity contribution in [3.8, 4) is 0 Å². The van der Waals surface area contributed by atoms with E-state index in [1.165, 1.54) is 6.42 Å². The maximum atomic E-state index is 13.6. The molecule has 1 aromatic carbocycles. The molecular weight excluding hydrogens is 324 g/mol. The third-order valence-corrected chi connectivity index (χ3v) is 5.62. The fourth-order valence-corrected chi connectivity index (χ4v) is 4.38. The summed E-state index contributed by atoms with van der Waals surface area (Å²) < 4.78 is 0. The highest BCUT2D eigenvalue weighted by molar-refractivity contribution is 5.92. The first-order chi connectivity index (χ1) is 12.6. The summed E-state index contributed by atoms with van der Waals surface area (Å²) in [6, 6.07) is 9.64. The number of carbonyl (C=O) groups is 2. The molecule has 2 unspecified atom stereocenters. The van der Waals surface area contributed by atoms with E-state index in [1.807, 2.05) is 23.1 Å². The minimum atomic E-state index is -0.246. The Kier molecular flexibility index (Phi) is 6.47. The molecule has 0 aromatic heterocycles. The quantitative estimate of drug-likeness (QED) is 0.778. The molecule has 26 heavy (non-hydrogen) atoms. The van der Waals surface area contributed by atoms with Gasteiger partial charge in [-0.15, -0.1) is 0 Å². The van der Waals surface area contributed by atoms with Crippen molar-refractivity contribution >= 4 is 11.7 Å². The molecule has 142 valence electrons. The van der Waals surface area contributed by atoms with Gasteiger partial charge in [0, 0.05) is 13.0 Å². The molecule has 1 amide bonds. The van der Waals surface area contributed by atoms with Gasteiger partial charge < -0.3 is 4.90 Å². The summed E-state index contributed by atoms with van der Waals surface area (Å²) in [7, 11) is 0. The lowest BCUT2D eigenvalue weighted by Crippen LogP contribution is -2.48. The second-order valence-corrected chi connectivity index (χ2v) is 8.16. The van der Waals surface area contributed by atoms with Crippen molar-refractivity contribution in [1.82, 2.24) is 9.80 Å². The first-order valence-corrected chi connectivity index (χ1v) is 10.2. The van der Waals surface area contributed by atoms with Crippen LogP contribution in [0.2, 0.25) is 0 Å². The SMILES string of the molecule is CC(C)CC(=O)C1CCCN1C(=O)C(c1ccccc1)N1CCCCC1. The Morgan fingerprint density at radius 2 is 1.69 bits per heavy atom. The molecule has 1 aromatic rings. The van der Waals surface area contributed by atoms with Gasteiger partial charge in [0.25, 0.3) is 0 Å². The first-order valence-electron chi connectivity index (χ1n) is 10.2. The summed E-state index contributed by atoms with van der Waals surface area (Å²) in [6.07, 6.45) is 5.85. The molecule has 0 radical (unpaired) electrons. The molecule has 2 saturated heterocycles. The van der Waals surface area contributed by atoms with Crippen molar-refractivity contribution in [2.75, 3.05) is 19.6 Å². The maximum absolute atomic E-state index is 13.6. The van der Waals surface area contributed by atoms with E-state index in [1.54, 1.807) is 0 Å². The predicted molar refractivity (Wildman–Crippen MR) is 104 cm³/mol. The van der Waals surface area contributed by atoms with E-state index in [9.17, 15) is 9.59 Å². The number of likely N-dealkylation sites (tertiary alicyclic amines) is 2. The Balaban J connectivity index is 1.83. The number of hydrogen-bond acceptors (Lipinski definition) is 3. The Morgan fingerprint density at radius 1 is 1.00 bits per heavy atom. The lowest BCUT2D eigenvalue weighted by molar-refractivity contribution is -0.143. The third-order valence-electron chi connectivity index (χ3n) is 5.62. The van der Waals surface area contributed by atoms with Crippen molar-refractivity contribution < 1.29 is 9.59 Å². The van der Waals surface area contributed by atoms with E-state index in [0.717, 1.165) is 44.3 Å². The molecule has 0 bridgehead atoms. The second-order valence-electron chi connectivity index (χ2n) is 8.16. The molecule has 0 saturated carbocycles. The molecule has 0 aliphatic carbocycles. The largest absolute Gasteiger partial charge is 0.331 e. The van der Waals surface area contributed by atoms with Crippen LogP contribution in [-0.4, -0.2) is 47.2 Å². The Labute approximate surface area is 157 Å². The van der Waals surface area contributed by atoms with E-state index in [2.05, 4.69) is 30.9 Å². The fourth-order valence-electron chi connectivity index (χ4n) is 4.38. The number of rotatable bonds is 6. The molecule has 0 spiro atoms. The van der Waals surface area contributed by atoms with Gasteiger partial charge in [-0.2, -0.15) is 0 Å². The molecule has 0 N–H and O–H groups in total. The second kappa shape index (κ2) is 8.81. The normalized spacial score (nSPS) is 22.6. The molecule has 2 aliphatic heterocycles. The summed E-state index contributed by atoms with van der Waals surface area (Å²) in [4.78, 5) is 30.5. The van der Waals surface area contributed by atoms with Crippen LogP contribution in [0.25, 0.3) is 0 Å². The van der Waals surface area contributed by atoms with Crippen LogP contribution < -0.4 is 0 Å². The first kappa shape index (κ1) is 19.1. The summed E-state index contributed by atoms with van der Waals surface area (Å²) in [5.74, 6) is 0.695. The zero-order chi connectivity index (χ0) is 18.5. The lowest BCUT2D eigenvalue weighted by Gasteiger charge is -2.37. The average molecular weight is 357 g/mol. The lowest BCUT2D eigenvalue weighted by atomic mass is 9.97. The van der Waals surface area contributed by atoms with Crippen LogP contribution >= 0.6 is 0 Å². The van der Waals surface area contributed by atoms with Crippen LogP contribution in [0, 0.1) is 5.92 Å². The third kappa shape index (κ3) is 4.35. The van der Waals surface area contributed by atoms with E-state index < -0.39 is 0 Å². The summed E-state index contributed by atoms with van der Waals surface area (Å²) in [6.45, 7) is 6.77. The van der Waals surface area contributed by atoms with Crippen LogP contribution in [0.1, 0.15) is 64.0 Å². The van der Waals surface area contributed by atoms with Crippen molar-refractivity contribution in [3.05, 3.63) is 35.9 Å². The van der Waals surface area contributed by atoms with Crippen LogP contribution in [0.5, 0.6) is 0 Å². The number of carbonyl (C=O) groups excluding carboxylic acids is 2. The highest BCUT2D eigenvalue weighted by Gasteiger charge is 2.39. The molecule has 4 nitrogen and oxygen atoms in total. The van der Waals surface area contributed by atoms with Gasteiger partial charge >= 0.3 is 0 Å². The van der Waals surface area contributed by atoms with Gasteiger partial charge in [-0.25, -0.2) is 0 Å². The Morgan fingerprint density at radius 3 is 2.35 bits per heavy atom.